The molecule has 0 radical (unpaired) electrons. The van der Waals surface area contributed by atoms with Crippen molar-refractivity contribution in [2.75, 3.05) is 0 Å². The molecule has 0 aromatic heterocycles. The Kier molecular flexibility index (Phi) is 2.08. The van der Waals surface area contributed by atoms with Crippen molar-refractivity contribution >= 4 is 11.9 Å². The maximum Gasteiger partial charge on any atom is 0.322 e. The molecule has 19 heavy (non-hydrogen) atoms. The molecule has 2 aliphatic carbocycles. The molecular weight excluding hydrogens is 240 g/mol. The van der Waals surface area contributed by atoms with E-state index in [2.05, 4.69) is 34.9 Å². The van der Waals surface area contributed by atoms with Crippen LogP contribution in [0.4, 0.5) is 4.79 Å². The van der Waals surface area contributed by atoms with E-state index in [1.807, 2.05) is 0 Å². The first-order chi connectivity index (χ1) is 9.20. The van der Waals surface area contributed by atoms with E-state index in [-0.39, 0.29) is 23.8 Å². The van der Waals surface area contributed by atoms with Crippen molar-refractivity contribution < 1.29 is 9.59 Å². The number of carbonyl (C=O) groups excluding carboxylic acids is 2. The van der Waals surface area contributed by atoms with Crippen LogP contribution in [-0.2, 0) is 17.6 Å². The SMILES string of the molecule is O=C1NC(=O)C2(N1)C1CCC2Cc2ccccc2C1. The summed E-state index contributed by atoms with van der Waals surface area (Å²) in [5.41, 5.74) is 2.02. The minimum Gasteiger partial charge on any atom is -0.323 e. The molecule has 2 fully saturated rings. The fourth-order valence-electron chi connectivity index (χ4n) is 4.26. The number of carbonyl (C=O) groups is 2. The van der Waals surface area contributed by atoms with E-state index in [0.717, 1.165) is 25.7 Å². The van der Waals surface area contributed by atoms with Gasteiger partial charge in [-0.15, -0.1) is 0 Å². The maximum absolute atomic E-state index is 12.3. The molecule has 4 rings (SSSR count). The van der Waals surface area contributed by atoms with E-state index < -0.39 is 5.54 Å². The maximum atomic E-state index is 12.3. The minimum atomic E-state index is -0.657. The second-order valence-electron chi connectivity index (χ2n) is 5.93. The lowest BCUT2D eigenvalue weighted by Gasteiger charge is -2.31. The average molecular weight is 256 g/mol. The number of rotatable bonds is 0. The van der Waals surface area contributed by atoms with E-state index in [1.165, 1.54) is 11.1 Å². The zero-order valence-electron chi connectivity index (χ0n) is 10.6. The second kappa shape index (κ2) is 3.59. The Morgan fingerprint density at radius 1 is 1.00 bits per heavy atom. The summed E-state index contributed by atoms with van der Waals surface area (Å²) in [6, 6.07) is 8.08. The first kappa shape index (κ1) is 11.0. The summed E-state index contributed by atoms with van der Waals surface area (Å²) in [7, 11) is 0. The van der Waals surface area contributed by atoms with Crippen molar-refractivity contribution in [1.29, 1.82) is 0 Å². The molecular formula is C15H16N2O2. The van der Waals surface area contributed by atoms with Crippen LogP contribution >= 0.6 is 0 Å². The lowest BCUT2D eigenvalue weighted by molar-refractivity contribution is -0.126. The highest BCUT2D eigenvalue weighted by Gasteiger charge is 2.60. The van der Waals surface area contributed by atoms with Crippen molar-refractivity contribution in [3.63, 3.8) is 0 Å². The Morgan fingerprint density at radius 3 is 2.05 bits per heavy atom. The fraction of sp³-hybridized carbons (Fsp3) is 0.467. The molecule has 1 spiro atoms. The monoisotopic (exact) mass is 256 g/mol. The zero-order valence-corrected chi connectivity index (χ0v) is 10.6. The van der Waals surface area contributed by atoms with Gasteiger partial charge < -0.3 is 5.32 Å². The van der Waals surface area contributed by atoms with Gasteiger partial charge in [0.15, 0.2) is 0 Å². The third kappa shape index (κ3) is 1.34. The Balaban J connectivity index is 1.82. The van der Waals surface area contributed by atoms with E-state index >= 15 is 0 Å². The Morgan fingerprint density at radius 2 is 1.58 bits per heavy atom. The molecule has 3 amide bonds. The molecule has 2 bridgehead atoms. The van der Waals surface area contributed by atoms with Gasteiger partial charge in [0.2, 0.25) is 0 Å². The van der Waals surface area contributed by atoms with E-state index in [9.17, 15) is 9.59 Å². The number of amides is 3. The van der Waals surface area contributed by atoms with Crippen molar-refractivity contribution in [2.45, 2.75) is 31.2 Å². The molecule has 1 heterocycles. The lowest BCUT2D eigenvalue weighted by atomic mass is 9.79. The second-order valence-corrected chi connectivity index (χ2v) is 5.93. The molecule has 4 heteroatoms. The third-order valence-electron chi connectivity index (χ3n) is 5.13. The van der Waals surface area contributed by atoms with Gasteiger partial charge in [-0.05, 0) is 48.6 Å². The smallest absolute Gasteiger partial charge is 0.322 e. The largest absolute Gasteiger partial charge is 0.323 e. The molecule has 2 N–H and O–H groups in total. The van der Waals surface area contributed by atoms with Crippen LogP contribution < -0.4 is 10.6 Å². The summed E-state index contributed by atoms with van der Waals surface area (Å²) in [6.45, 7) is 0. The number of urea groups is 1. The van der Waals surface area contributed by atoms with Crippen LogP contribution in [0.3, 0.4) is 0 Å². The Hall–Kier alpha value is -1.84. The normalized spacial score (nSPS) is 35.8. The molecule has 3 aliphatic rings. The van der Waals surface area contributed by atoms with E-state index in [1.54, 1.807) is 0 Å². The van der Waals surface area contributed by atoms with Crippen molar-refractivity contribution in [1.82, 2.24) is 10.6 Å². The van der Waals surface area contributed by atoms with Crippen LogP contribution in [0.2, 0.25) is 0 Å². The van der Waals surface area contributed by atoms with Crippen LogP contribution in [-0.4, -0.2) is 17.5 Å². The van der Waals surface area contributed by atoms with E-state index in [0.29, 0.717) is 0 Å². The molecule has 1 aliphatic heterocycles. The standard InChI is InChI=1S/C15H16N2O2/c18-13-15(17-14(19)16-13)11-5-6-12(15)8-10-4-2-1-3-9(10)7-11/h1-4,11-12H,5-8H2,(H2,16,17,18,19). The number of nitrogens with one attached hydrogen (secondary N) is 2. The van der Waals surface area contributed by atoms with Crippen LogP contribution in [0, 0.1) is 11.8 Å². The summed E-state index contributed by atoms with van der Waals surface area (Å²) < 4.78 is 0. The topological polar surface area (TPSA) is 58.2 Å². The molecule has 2 unspecified atom stereocenters. The highest BCUT2D eigenvalue weighted by molar-refractivity contribution is 6.07. The fourth-order valence-corrected chi connectivity index (χ4v) is 4.26. The molecule has 98 valence electrons. The molecule has 4 nitrogen and oxygen atoms in total. The number of benzene rings is 1. The van der Waals surface area contributed by atoms with Crippen LogP contribution in [0.1, 0.15) is 24.0 Å². The summed E-state index contributed by atoms with van der Waals surface area (Å²) in [6.07, 6.45) is 3.82. The molecule has 2 atom stereocenters. The average Bonchev–Trinajstić information content (AvgIpc) is 2.79. The van der Waals surface area contributed by atoms with Gasteiger partial charge >= 0.3 is 6.03 Å². The number of hydrogen-bond donors (Lipinski definition) is 2. The number of imide groups is 1. The van der Waals surface area contributed by atoms with Crippen LogP contribution in [0.25, 0.3) is 0 Å². The van der Waals surface area contributed by atoms with Gasteiger partial charge in [0.05, 0.1) is 0 Å². The summed E-state index contributed by atoms with van der Waals surface area (Å²) >= 11 is 0. The predicted octanol–water partition coefficient (Wildman–Crippen LogP) is 1.39. The van der Waals surface area contributed by atoms with Gasteiger partial charge in [0, 0.05) is 0 Å². The first-order valence-electron chi connectivity index (χ1n) is 6.90. The molecule has 1 aromatic rings. The van der Waals surface area contributed by atoms with Crippen molar-refractivity contribution in [3.8, 4) is 0 Å². The Labute approximate surface area is 111 Å². The van der Waals surface area contributed by atoms with Crippen molar-refractivity contribution in [3.05, 3.63) is 35.4 Å². The summed E-state index contributed by atoms with van der Waals surface area (Å²) in [5.74, 6) is 0.345. The van der Waals surface area contributed by atoms with Crippen molar-refractivity contribution in [2.24, 2.45) is 11.8 Å². The summed E-state index contributed by atoms with van der Waals surface area (Å²) in [5, 5.41) is 5.40. The highest BCUT2D eigenvalue weighted by Crippen LogP contribution is 2.48. The van der Waals surface area contributed by atoms with Gasteiger partial charge in [-0.1, -0.05) is 24.3 Å². The third-order valence-corrected chi connectivity index (χ3v) is 5.13. The van der Waals surface area contributed by atoms with Crippen LogP contribution in [0.5, 0.6) is 0 Å². The van der Waals surface area contributed by atoms with Gasteiger partial charge in [0.1, 0.15) is 5.54 Å². The minimum absolute atomic E-state index is 0.113. The lowest BCUT2D eigenvalue weighted by Crippen LogP contribution is -2.55. The number of fused-ring (bicyclic) bond motifs is 1. The van der Waals surface area contributed by atoms with Gasteiger partial charge in [-0.25, -0.2) is 4.79 Å². The molecule has 1 saturated heterocycles. The number of hydrogen-bond acceptors (Lipinski definition) is 2. The van der Waals surface area contributed by atoms with Crippen LogP contribution in [0.15, 0.2) is 24.3 Å². The molecule has 1 aromatic carbocycles. The predicted molar refractivity (Wildman–Crippen MR) is 69.5 cm³/mol. The van der Waals surface area contributed by atoms with Gasteiger partial charge in [-0.2, -0.15) is 0 Å². The highest BCUT2D eigenvalue weighted by atomic mass is 16.2. The van der Waals surface area contributed by atoms with Gasteiger partial charge in [-0.3, -0.25) is 10.1 Å². The first-order valence-corrected chi connectivity index (χ1v) is 6.90. The van der Waals surface area contributed by atoms with E-state index in [4.69, 9.17) is 0 Å². The quantitative estimate of drug-likeness (QED) is 0.689. The summed E-state index contributed by atoms with van der Waals surface area (Å²) in [4.78, 5) is 23.9. The molecule has 1 saturated carbocycles. The Bertz CT molecular complexity index is 548. The van der Waals surface area contributed by atoms with Gasteiger partial charge in [0.25, 0.3) is 5.91 Å². The zero-order chi connectivity index (χ0) is 13.0.